The molecule has 0 aliphatic heterocycles. The minimum absolute atomic E-state index is 0.180. The van der Waals surface area contributed by atoms with Crippen LogP contribution in [0.15, 0.2) is 48.5 Å². The molecule has 2 aromatic rings. The quantitative estimate of drug-likeness (QED) is 0.775. The summed E-state index contributed by atoms with van der Waals surface area (Å²) in [6.07, 6.45) is 1.14. The molecule has 2 nitrogen and oxygen atoms in total. The molecule has 0 aliphatic rings. The predicted octanol–water partition coefficient (Wildman–Crippen LogP) is 3.96. The molecule has 0 atom stereocenters. The van der Waals surface area contributed by atoms with Gasteiger partial charge in [0.1, 0.15) is 5.82 Å². The molecule has 0 amide bonds. The first-order chi connectivity index (χ1) is 10.2. The summed E-state index contributed by atoms with van der Waals surface area (Å²) in [6.45, 7) is 4.80. The van der Waals surface area contributed by atoms with Gasteiger partial charge in [-0.2, -0.15) is 0 Å². The fourth-order valence-corrected chi connectivity index (χ4v) is 2.29. The summed E-state index contributed by atoms with van der Waals surface area (Å²) in [7, 11) is 1.91. The Morgan fingerprint density at radius 1 is 1.00 bits per heavy atom. The summed E-state index contributed by atoms with van der Waals surface area (Å²) in [5.41, 5.74) is 3.09. The highest BCUT2D eigenvalue weighted by molar-refractivity contribution is 5.47. The number of halogens is 1. The number of hydrogen-bond acceptors (Lipinski definition) is 2. The molecule has 2 aromatic carbocycles. The number of para-hydroxylation sites is 1. The van der Waals surface area contributed by atoms with Crippen LogP contribution < -0.4 is 10.2 Å². The number of nitrogens with one attached hydrogen (secondary N) is 1. The molecule has 112 valence electrons. The van der Waals surface area contributed by atoms with Crippen LogP contribution in [-0.2, 0) is 13.1 Å². The summed E-state index contributed by atoms with van der Waals surface area (Å²) in [5.74, 6) is -0.180. The number of nitrogens with zero attached hydrogens (tertiary/aromatic N) is 1. The van der Waals surface area contributed by atoms with Gasteiger partial charge in [-0.05, 0) is 36.2 Å². The third-order valence-corrected chi connectivity index (χ3v) is 3.46. The lowest BCUT2D eigenvalue weighted by Crippen LogP contribution is -2.18. The molecular weight excluding hydrogens is 263 g/mol. The van der Waals surface area contributed by atoms with Crippen molar-refractivity contribution in [1.82, 2.24) is 5.32 Å². The van der Waals surface area contributed by atoms with E-state index in [0.717, 1.165) is 19.5 Å². The first-order valence-corrected chi connectivity index (χ1v) is 7.45. The Labute approximate surface area is 126 Å². The Morgan fingerprint density at radius 2 is 1.67 bits per heavy atom. The minimum atomic E-state index is -0.180. The van der Waals surface area contributed by atoms with Gasteiger partial charge in [-0.3, -0.25) is 0 Å². The van der Waals surface area contributed by atoms with Crippen molar-refractivity contribution < 1.29 is 4.39 Å². The van der Waals surface area contributed by atoms with Gasteiger partial charge in [-0.15, -0.1) is 0 Å². The SMILES string of the molecule is CCCNCc1ccc(CN(C)c2ccccc2F)cc1. The summed E-state index contributed by atoms with van der Waals surface area (Å²) >= 11 is 0. The van der Waals surface area contributed by atoms with E-state index >= 15 is 0 Å². The molecule has 0 bridgehead atoms. The summed E-state index contributed by atoms with van der Waals surface area (Å²) in [5, 5.41) is 3.38. The fourth-order valence-electron chi connectivity index (χ4n) is 2.29. The summed E-state index contributed by atoms with van der Waals surface area (Å²) in [6, 6.07) is 15.4. The van der Waals surface area contributed by atoms with E-state index in [0.29, 0.717) is 12.2 Å². The Morgan fingerprint density at radius 3 is 2.33 bits per heavy atom. The van der Waals surface area contributed by atoms with Gasteiger partial charge in [-0.25, -0.2) is 4.39 Å². The molecule has 0 aliphatic carbocycles. The molecule has 0 saturated heterocycles. The van der Waals surface area contributed by atoms with Crippen LogP contribution in [0.25, 0.3) is 0 Å². The highest BCUT2D eigenvalue weighted by Crippen LogP contribution is 2.19. The maximum absolute atomic E-state index is 13.7. The molecule has 21 heavy (non-hydrogen) atoms. The number of anilines is 1. The Kier molecular flexibility index (Phi) is 5.76. The van der Waals surface area contributed by atoms with Crippen molar-refractivity contribution in [1.29, 1.82) is 0 Å². The number of rotatable bonds is 7. The van der Waals surface area contributed by atoms with Crippen LogP contribution in [0.3, 0.4) is 0 Å². The van der Waals surface area contributed by atoms with Gasteiger partial charge in [0.25, 0.3) is 0 Å². The lowest BCUT2D eigenvalue weighted by Gasteiger charge is -2.20. The maximum Gasteiger partial charge on any atom is 0.146 e. The smallest absolute Gasteiger partial charge is 0.146 e. The normalized spacial score (nSPS) is 10.6. The van der Waals surface area contributed by atoms with Gasteiger partial charge in [0.05, 0.1) is 5.69 Å². The molecule has 2 rings (SSSR count). The van der Waals surface area contributed by atoms with Crippen molar-refractivity contribution in [3.05, 3.63) is 65.5 Å². The van der Waals surface area contributed by atoms with Crippen LogP contribution in [0.1, 0.15) is 24.5 Å². The molecule has 0 unspecified atom stereocenters. The van der Waals surface area contributed by atoms with Crippen molar-refractivity contribution in [2.45, 2.75) is 26.4 Å². The van der Waals surface area contributed by atoms with E-state index in [1.807, 2.05) is 18.0 Å². The van der Waals surface area contributed by atoms with Gasteiger partial charge >= 0.3 is 0 Å². The Balaban J connectivity index is 1.95. The molecule has 0 fully saturated rings. The van der Waals surface area contributed by atoms with Crippen LogP contribution in [0, 0.1) is 5.82 Å². The lowest BCUT2D eigenvalue weighted by molar-refractivity contribution is 0.622. The highest BCUT2D eigenvalue weighted by atomic mass is 19.1. The minimum Gasteiger partial charge on any atom is -0.368 e. The van der Waals surface area contributed by atoms with Gasteiger partial charge in [-0.1, -0.05) is 43.3 Å². The van der Waals surface area contributed by atoms with Crippen LogP contribution in [0.5, 0.6) is 0 Å². The van der Waals surface area contributed by atoms with E-state index in [-0.39, 0.29) is 5.82 Å². The van der Waals surface area contributed by atoms with Crippen molar-refractivity contribution in [3.63, 3.8) is 0 Å². The predicted molar refractivity (Wildman–Crippen MR) is 86.9 cm³/mol. The standard InChI is InChI=1S/C18H23FN2/c1-3-12-20-13-15-8-10-16(11-9-15)14-21(2)18-7-5-4-6-17(18)19/h4-11,20H,3,12-14H2,1-2H3. The lowest BCUT2D eigenvalue weighted by atomic mass is 10.1. The second-order valence-corrected chi connectivity index (χ2v) is 5.30. The second-order valence-electron chi connectivity index (χ2n) is 5.30. The Hall–Kier alpha value is -1.87. The van der Waals surface area contributed by atoms with E-state index in [9.17, 15) is 4.39 Å². The van der Waals surface area contributed by atoms with E-state index in [1.54, 1.807) is 12.1 Å². The third kappa shape index (κ3) is 4.57. The van der Waals surface area contributed by atoms with Gasteiger partial charge in [0.15, 0.2) is 0 Å². The molecule has 3 heteroatoms. The molecule has 0 heterocycles. The van der Waals surface area contributed by atoms with E-state index in [2.05, 4.69) is 36.5 Å². The second kappa shape index (κ2) is 7.79. The van der Waals surface area contributed by atoms with Gasteiger partial charge in [0.2, 0.25) is 0 Å². The first-order valence-electron chi connectivity index (χ1n) is 7.45. The van der Waals surface area contributed by atoms with Crippen molar-refractivity contribution >= 4 is 5.69 Å². The molecule has 1 N–H and O–H groups in total. The molecule has 0 radical (unpaired) electrons. The van der Waals surface area contributed by atoms with Crippen LogP contribution in [0.4, 0.5) is 10.1 Å². The third-order valence-electron chi connectivity index (χ3n) is 3.46. The molecule has 0 saturated carbocycles. The largest absolute Gasteiger partial charge is 0.368 e. The van der Waals surface area contributed by atoms with Crippen LogP contribution in [-0.4, -0.2) is 13.6 Å². The molecular formula is C18H23FN2. The molecule has 0 aromatic heterocycles. The van der Waals surface area contributed by atoms with E-state index < -0.39 is 0 Å². The fraction of sp³-hybridized carbons (Fsp3) is 0.333. The van der Waals surface area contributed by atoms with Crippen molar-refractivity contribution in [2.75, 3.05) is 18.5 Å². The van der Waals surface area contributed by atoms with E-state index in [4.69, 9.17) is 0 Å². The zero-order chi connectivity index (χ0) is 15.1. The molecule has 0 spiro atoms. The zero-order valence-electron chi connectivity index (χ0n) is 12.8. The maximum atomic E-state index is 13.7. The van der Waals surface area contributed by atoms with Gasteiger partial charge < -0.3 is 10.2 Å². The Bertz CT molecular complexity index is 551. The average Bonchev–Trinajstić information content (AvgIpc) is 2.49. The highest BCUT2D eigenvalue weighted by Gasteiger charge is 2.07. The average molecular weight is 286 g/mol. The topological polar surface area (TPSA) is 15.3 Å². The van der Waals surface area contributed by atoms with Crippen molar-refractivity contribution in [2.24, 2.45) is 0 Å². The summed E-state index contributed by atoms with van der Waals surface area (Å²) in [4.78, 5) is 1.93. The zero-order valence-corrected chi connectivity index (χ0v) is 12.8. The van der Waals surface area contributed by atoms with Crippen LogP contribution in [0.2, 0.25) is 0 Å². The van der Waals surface area contributed by atoms with Gasteiger partial charge in [0, 0.05) is 20.1 Å². The number of benzene rings is 2. The first kappa shape index (κ1) is 15.5. The van der Waals surface area contributed by atoms with E-state index in [1.165, 1.54) is 17.2 Å². The van der Waals surface area contributed by atoms with Crippen molar-refractivity contribution in [3.8, 4) is 0 Å². The number of hydrogen-bond donors (Lipinski definition) is 1. The van der Waals surface area contributed by atoms with Crippen LogP contribution >= 0.6 is 0 Å². The summed E-state index contributed by atoms with van der Waals surface area (Å²) < 4.78 is 13.7. The monoisotopic (exact) mass is 286 g/mol.